The van der Waals surface area contributed by atoms with Gasteiger partial charge in [-0.1, -0.05) is 13.8 Å². The lowest BCUT2D eigenvalue weighted by atomic mass is 10.1. The third-order valence-electron chi connectivity index (χ3n) is 4.02. The summed E-state index contributed by atoms with van der Waals surface area (Å²) in [6.07, 6.45) is 0.347. The molecule has 0 aliphatic carbocycles. The minimum atomic E-state index is -0.329. The highest BCUT2D eigenvalue weighted by atomic mass is 79.9. The van der Waals surface area contributed by atoms with Crippen molar-refractivity contribution in [3.05, 3.63) is 27.7 Å². The third kappa shape index (κ3) is 5.11. The number of aromatic hydroxyl groups is 1. The Morgan fingerprint density at radius 2 is 1.84 bits per heavy atom. The van der Waals surface area contributed by atoms with E-state index in [1.54, 1.807) is 21.9 Å². The Labute approximate surface area is 156 Å². The van der Waals surface area contributed by atoms with E-state index in [2.05, 4.69) is 15.9 Å². The van der Waals surface area contributed by atoms with E-state index >= 15 is 0 Å². The first-order valence-electron chi connectivity index (χ1n) is 8.49. The number of rotatable bonds is 3. The summed E-state index contributed by atoms with van der Waals surface area (Å²) < 4.78 is 5.77. The monoisotopic (exact) mass is 412 g/mol. The van der Waals surface area contributed by atoms with E-state index in [9.17, 15) is 14.7 Å². The number of hydrogen-bond donors (Lipinski definition) is 1. The van der Waals surface area contributed by atoms with Gasteiger partial charge in [-0.2, -0.15) is 0 Å². The third-order valence-corrected chi connectivity index (χ3v) is 4.62. The van der Waals surface area contributed by atoms with Crippen LogP contribution in [0.3, 0.4) is 0 Å². The summed E-state index contributed by atoms with van der Waals surface area (Å²) in [6.45, 7) is 8.18. The normalized spacial score (nSPS) is 15.2. The Hall–Kier alpha value is -1.76. The van der Waals surface area contributed by atoms with E-state index in [-0.39, 0.29) is 29.2 Å². The first-order valence-corrected chi connectivity index (χ1v) is 9.29. The summed E-state index contributed by atoms with van der Waals surface area (Å²) in [5.74, 6) is 0.0177. The summed E-state index contributed by atoms with van der Waals surface area (Å²) in [7, 11) is 0. The lowest BCUT2D eigenvalue weighted by Gasteiger charge is -2.23. The molecule has 138 valence electrons. The van der Waals surface area contributed by atoms with E-state index < -0.39 is 0 Å². The molecule has 1 heterocycles. The maximum atomic E-state index is 12.8. The number of amides is 2. The van der Waals surface area contributed by atoms with Crippen molar-refractivity contribution in [2.45, 2.75) is 27.2 Å². The van der Waals surface area contributed by atoms with Gasteiger partial charge in [0.05, 0.1) is 16.6 Å². The van der Waals surface area contributed by atoms with Gasteiger partial charge < -0.3 is 19.6 Å². The van der Waals surface area contributed by atoms with Crippen molar-refractivity contribution in [2.75, 3.05) is 32.8 Å². The standard InChI is InChI=1S/C18H25BrN2O4/c1-12(2)11-25-18(24)21-6-4-5-20(7-8-21)17(23)14-9-13(3)10-15(19)16(14)22/h9-10,12,22H,4-8,11H2,1-3H3. The molecular weight excluding hydrogens is 388 g/mol. The van der Waals surface area contributed by atoms with E-state index in [0.717, 1.165) is 5.56 Å². The first kappa shape index (κ1) is 19.6. The van der Waals surface area contributed by atoms with Gasteiger partial charge in [-0.3, -0.25) is 4.79 Å². The molecule has 0 aromatic heterocycles. The lowest BCUT2D eigenvalue weighted by molar-refractivity contribution is 0.0743. The van der Waals surface area contributed by atoms with Crippen LogP contribution in [0.25, 0.3) is 0 Å². The molecule has 1 fully saturated rings. The maximum absolute atomic E-state index is 12.8. The zero-order valence-electron chi connectivity index (χ0n) is 14.9. The molecule has 1 saturated heterocycles. The quantitative estimate of drug-likeness (QED) is 0.825. The maximum Gasteiger partial charge on any atom is 0.409 e. The fraction of sp³-hybridized carbons (Fsp3) is 0.556. The molecule has 0 saturated carbocycles. The molecule has 2 amide bonds. The number of benzene rings is 1. The second-order valence-electron chi connectivity index (χ2n) is 6.75. The summed E-state index contributed by atoms with van der Waals surface area (Å²) >= 11 is 3.27. The molecule has 0 unspecified atom stereocenters. The fourth-order valence-corrected chi connectivity index (χ4v) is 3.27. The molecule has 0 spiro atoms. The van der Waals surface area contributed by atoms with Crippen LogP contribution in [0, 0.1) is 12.8 Å². The molecule has 1 aliphatic rings. The predicted molar refractivity (Wildman–Crippen MR) is 98.8 cm³/mol. The number of carbonyl (C=O) groups excluding carboxylic acids is 2. The van der Waals surface area contributed by atoms with Crippen molar-refractivity contribution >= 4 is 27.9 Å². The number of phenols is 1. The number of ether oxygens (including phenoxy) is 1. The van der Waals surface area contributed by atoms with Crippen LogP contribution >= 0.6 is 15.9 Å². The Morgan fingerprint density at radius 3 is 2.52 bits per heavy atom. The van der Waals surface area contributed by atoms with Crippen LogP contribution in [0.2, 0.25) is 0 Å². The Bertz CT molecular complexity index is 648. The minimum absolute atomic E-state index is 0.0481. The van der Waals surface area contributed by atoms with Crippen LogP contribution in [0.4, 0.5) is 4.79 Å². The molecule has 1 N–H and O–H groups in total. The smallest absolute Gasteiger partial charge is 0.409 e. The number of halogens is 1. The van der Waals surface area contributed by atoms with E-state index in [4.69, 9.17) is 4.74 Å². The van der Waals surface area contributed by atoms with Gasteiger partial charge in [-0.15, -0.1) is 0 Å². The van der Waals surface area contributed by atoms with Crippen molar-refractivity contribution < 1.29 is 19.4 Å². The minimum Gasteiger partial charge on any atom is -0.506 e. The van der Waals surface area contributed by atoms with Gasteiger partial charge in [0.2, 0.25) is 0 Å². The fourth-order valence-electron chi connectivity index (χ4n) is 2.70. The van der Waals surface area contributed by atoms with Crippen LogP contribution in [0.1, 0.15) is 36.2 Å². The largest absolute Gasteiger partial charge is 0.506 e. The Kier molecular flexibility index (Phi) is 6.70. The van der Waals surface area contributed by atoms with Gasteiger partial charge >= 0.3 is 6.09 Å². The molecule has 1 aromatic carbocycles. The van der Waals surface area contributed by atoms with Crippen molar-refractivity contribution in [2.24, 2.45) is 5.92 Å². The number of aryl methyl sites for hydroxylation is 1. The van der Waals surface area contributed by atoms with Gasteiger partial charge in [0, 0.05) is 26.2 Å². The van der Waals surface area contributed by atoms with Crippen molar-refractivity contribution in [1.82, 2.24) is 9.80 Å². The Balaban J connectivity index is 2.03. The second-order valence-corrected chi connectivity index (χ2v) is 7.60. The van der Waals surface area contributed by atoms with Crippen molar-refractivity contribution in [1.29, 1.82) is 0 Å². The number of carbonyl (C=O) groups is 2. The molecule has 1 aromatic rings. The topological polar surface area (TPSA) is 70.1 Å². The molecule has 0 radical (unpaired) electrons. The van der Waals surface area contributed by atoms with E-state index in [1.165, 1.54) is 0 Å². The van der Waals surface area contributed by atoms with Gasteiger partial charge in [0.15, 0.2) is 0 Å². The lowest BCUT2D eigenvalue weighted by Crippen LogP contribution is -2.38. The average molecular weight is 413 g/mol. The van der Waals surface area contributed by atoms with Gasteiger partial charge in [0.1, 0.15) is 5.75 Å². The number of hydrogen-bond acceptors (Lipinski definition) is 4. The summed E-state index contributed by atoms with van der Waals surface area (Å²) in [6, 6.07) is 3.45. The highest BCUT2D eigenvalue weighted by molar-refractivity contribution is 9.10. The number of nitrogens with zero attached hydrogens (tertiary/aromatic N) is 2. The highest BCUT2D eigenvalue weighted by Crippen LogP contribution is 2.30. The zero-order chi connectivity index (χ0) is 18.6. The van der Waals surface area contributed by atoms with Crippen LogP contribution in [-0.4, -0.2) is 59.7 Å². The van der Waals surface area contributed by atoms with Crippen LogP contribution in [0.15, 0.2) is 16.6 Å². The van der Waals surface area contributed by atoms with Crippen LogP contribution in [-0.2, 0) is 4.74 Å². The van der Waals surface area contributed by atoms with E-state index in [0.29, 0.717) is 43.7 Å². The first-order chi connectivity index (χ1) is 11.8. The second kappa shape index (κ2) is 8.56. The zero-order valence-corrected chi connectivity index (χ0v) is 16.5. The van der Waals surface area contributed by atoms with Gasteiger partial charge in [-0.05, 0) is 52.9 Å². The van der Waals surface area contributed by atoms with E-state index in [1.807, 2.05) is 20.8 Å². The average Bonchev–Trinajstić information content (AvgIpc) is 2.81. The molecular formula is C18H25BrN2O4. The SMILES string of the molecule is Cc1cc(Br)c(O)c(C(=O)N2CCCN(C(=O)OCC(C)C)CC2)c1. The van der Waals surface area contributed by atoms with Gasteiger partial charge in [-0.25, -0.2) is 4.79 Å². The predicted octanol–water partition coefficient (Wildman–Crippen LogP) is 3.40. The molecule has 6 nitrogen and oxygen atoms in total. The highest BCUT2D eigenvalue weighted by Gasteiger charge is 2.25. The van der Waals surface area contributed by atoms with Crippen molar-refractivity contribution in [3.63, 3.8) is 0 Å². The van der Waals surface area contributed by atoms with Crippen LogP contribution in [0.5, 0.6) is 5.75 Å². The number of phenolic OH excluding ortho intramolecular Hbond substituents is 1. The summed E-state index contributed by atoms with van der Waals surface area (Å²) in [5, 5.41) is 10.2. The molecule has 0 bridgehead atoms. The summed E-state index contributed by atoms with van der Waals surface area (Å²) in [4.78, 5) is 28.2. The molecule has 1 aliphatic heterocycles. The van der Waals surface area contributed by atoms with Crippen LogP contribution < -0.4 is 0 Å². The molecule has 25 heavy (non-hydrogen) atoms. The molecule has 7 heteroatoms. The summed E-state index contributed by atoms with van der Waals surface area (Å²) in [5.41, 5.74) is 1.17. The van der Waals surface area contributed by atoms with Crippen molar-refractivity contribution in [3.8, 4) is 5.75 Å². The Morgan fingerprint density at radius 1 is 1.20 bits per heavy atom. The van der Waals surface area contributed by atoms with Gasteiger partial charge in [0.25, 0.3) is 5.91 Å². The molecule has 2 rings (SSSR count). The molecule has 0 atom stereocenters.